The molecule has 2 aromatic rings. The van der Waals surface area contributed by atoms with Gasteiger partial charge < -0.3 is 5.32 Å². The zero-order valence-corrected chi connectivity index (χ0v) is 12.4. The van der Waals surface area contributed by atoms with E-state index in [9.17, 15) is 0 Å². The van der Waals surface area contributed by atoms with Crippen molar-refractivity contribution in [1.29, 1.82) is 0 Å². The summed E-state index contributed by atoms with van der Waals surface area (Å²) in [6.07, 6.45) is 3.31. The van der Waals surface area contributed by atoms with Gasteiger partial charge in [0.2, 0.25) is 0 Å². The monoisotopic (exact) mass is 298 g/mol. The number of nitrogens with one attached hydrogen (secondary N) is 1. The van der Waals surface area contributed by atoms with Crippen LogP contribution in [0, 0.1) is 0 Å². The number of nitrogens with zero attached hydrogens (tertiary/aromatic N) is 3. The van der Waals surface area contributed by atoms with Gasteiger partial charge in [0.1, 0.15) is 0 Å². The molecule has 1 N–H and O–H groups in total. The molecule has 0 radical (unpaired) electrons. The van der Waals surface area contributed by atoms with E-state index in [1.54, 1.807) is 12.4 Å². The zero-order chi connectivity index (χ0) is 13.8. The fraction of sp³-hybridized carbons (Fsp3) is 0.385. The minimum absolute atomic E-state index is 0.0859. The highest BCUT2D eigenvalue weighted by atomic mass is 35.5. The third kappa shape index (κ3) is 3.08. The Labute approximate surface area is 122 Å². The molecule has 4 nitrogen and oxygen atoms in total. The minimum atomic E-state index is -0.0859. The number of aryl methyl sites for hydroxylation is 1. The van der Waals surface area contributed by atoms with Crippen molar-refractivity contribution in [2.75, 3.05) is 6.54 Å². The van der Waals surface area contributed by atoms with E-state index in [-0.39, 0.29) is 6.04 Å². The number of rotatable bonds is 5. The molecule has 19 heavy (non-hydrogen) atoms. The smallest absolute Gasteiger partial charge is 0.0937 e. The topological polar surface area (TPSA) is 42.7 Å². The van der Waals surface area contributed by atoms with Crippen molar-refractivity contribution in [3.63, 3.8) is 0 Å². The lowest BCUT2D eigenvalue weighted by Crippen LogP contribution is -2.26. The molecule has 2 rings (SSSR count). The van der Waals surface area contributed by atoms with Crippen LogP contribution in [0.25, 0.3) is 0 Å². The van der Waals surface area contributed by atoms with Crippen molar-refractivity contribution < 1.29 is 0 Å². The van der Waals surface area contributed by atoms with Crippen LogP contribution >= 0.6 is 23.2 Å². The fourth-order valence-corrected chi connectivity index (χ4v) is 2.38. The summed E-state index contributed by atoms with van der Waals surface area (Å²) in [6.45, 7) is 5.65. The zero-order valence-electron chi connectivity index (χ0n) is 10.9. The van der Waals surface area contributed by atoms with Gasteiger partial charge >= 0.3 is 0 Å². The SMILES string of the molecule is CCNC(c1ccc(Cl)cn1)c1c(Cl)cnn1CC. The summed E-state index contributed by atoms with van der Waals surface area (Å²) >= 11 is 12.1. The van der Waals surface area contributed by atoms with E-state index in [1.807, 2.05) is 30.7 Å². The largest absolute Gasteiger partial charge is 0.304 e. The highest BCUT2D eigenvalue weighted by Gasteiger charge is 2.22. The Kier molecular flexibility index (Phi) is 4.80. The molecule has 0 aliphatic rings. The van der Waals surface area contributed by atoms with E-state index in [4.69, 9.17) is 23.2 Å². The molecule has 0 amide bonds. The summed E-state index contributed by atoms with van der Waals surface area (Å²) in [5, 5.41) is 8.92. The van der Waals surface area contributed by atoms with Gasteiger partial charge in [-0.25, -0.2) is 0 Å². The fourth-order valence-electron chi connectivity index (χ4n) is 2.01. The van der Waals surface area contributed by atoms with Crippen LogP contribution in [0.4, 0.5) is 0 Å². The van der Waals surface area contributed by atoms with Gasteiger partial charge in [-0.1, -0.05) is 30.1 Å². The molecular weight excluding hydrogens is 283 g/mol. The molecule has 0 bridgehead atoms. The average Bonchev–Trinajstić information content (AvgIpc) is 2.78. The first-order chi connectivity index (χ1) is 9.17. The summed E-state index contributed by atoms with van der Waals surface area (Å²) in [4.78, 5) is 4.38. The van der Waals surface area contributed by atoms with Crippen LogP contribution in [0.15, 0.2) is 24.5 Å². The Bertz CT molecular complexity index is 536. The van der Waals surface area contributed by atoms with Gasteiger partial charge in [0.05, 0.1) is 33.7 Å². The Morgan fingerprint density at radius 3 is 2.63 bits per heavy atom. The average molecular weight is 299 g/mol. The molecular formula is C13H16Cl2N4. The van der Waals surface area contributed by atoms with Crippen LogP contribution in [0.1, 0.15) is 31.3 Å². The van der Waals surface area contributed by atoms with Crippen LogP contribution in [-0.2, 0) is 6.54 Å². The lowest BCUT2D eigenvalue weighted by molar-refractivity contribution is 0.534. The van der Waals surface area contributed by atoms with Crippen molar-refractivity contribution in [2.45, 2.75) is 26.4 Å². The van der Waals surface area contributed by atoms with E-state index in [0.717, 1.165) is 24.5 Å². The number of halogens is 2. The van der Waals surface area contributed by atoms with E-state index in [0.29, 0.717) is 10.0 Å². The summed E-state index contributed by atoms with van der Waals surface area (Å²) < 4.78 is 1.88. The number of pyridine rings is 1. The molecule has 1 unspecified atom stereocenters. The van der Waals surface area contributed by atoms with Gasteiger partial charge in [0, 0.05) is 12.7 Å². The van der Waals surface area contributed by atoms with Gasteiger partial charge in [-0.3, -0.25) is 9.67 Å². The van der Waals surface area contributed by atoms with Crippen LogP contribution < -0.4 is 5.32 Å². The van der Waals surface area contributed by atoms with Crippen molar-refractivity contribution in [1.82, 2.24) is 20.1 Å². The standard InChI is InChI=1S/C13H16Cl2N4/c1-3-16-12(11-6-5-9(14)7-17-11)13-10(15)8-18-19(13)4-2/h5-8,12,16H,3-4H2,1-2H3. The Morgan fingerprint density at radius 1 is 1.26 bits per heavy atom. The lowest BCUT2D eigenvalue weighted by Gasteiger charge is -2.19. The molecule has 0 aromatic carbocycles. The first-order valence-electron chi connectivity index (χ1n) is 6.23. The molecule has 0 spiro atoms. The second kappa shape index (κ2) is 6.37. The Hall–Kier alpha value is -1.10. The van der Waals surface area contributed by atoms with Gasteiger partial charge in [0.25, 0.3) is 0 Å². The second-order valence-electron chi connectivity index (χ2n) is 4.09. The predicted molar refractivity (Wildman–Crippen MR) is 77.7 cm³/mol. The molecule has 0 fully saturated rings. The van der Waals surface area contributed by atoms with Crippen LogP contribution in [-0.4, -0.2) is 21.3 Å². The van der Waals surface area contributed by atoms with Crippen molar-refractivity contribution in [3.8, 4) is 0 Å². The summed E-state index contributed by atoms with van der Waals surface area (Å²) in [7, 11) is 0. The van der Waals surface area contributed by atoms with E-state index >= 15 is 0 Å². The van der Waals surface area contributed by atoms with Crippen molar-refractivity contribution >= 4 is 23.2 Å². The van der Waals surface area contributed by atoms with Crippen LogP contribution in [0.2, 0.25) is 10.0 Å². The van der Waals surface area contributed by atoms with Crippen molar-refractivity contribution in [2.24, 2.45) is 0 Å². The highest BCUT2D eigenvalue weighted by molar-refractivity contribution is 6.31. The van der Waals surface area contributed by atoms with E-state index in [2.05, 4.69) is 15.4 Å². The van der Waals surface area contributed by atoms with Gasteiger partial charge in [-0.05, 0) is 25.6 Å². The number of aromatic nitrogens is 3. The third-order valence-corrected chi connectivity index (χ3v) is 3.38. The first kappa shape index (κ1) is 14.3. The molecule has 2 aromatic heterocycles. The Balaban J connectivity index is 2.44. The van der Waals surface area contributed by atoms with Crippen LogP contribution in [0.5, 0.6) is 0 Å². The van der Waals surface area contributed by atoms with E-state index in [1.165, 1.54) is 0 Å². The maximum atomic E-state index is 6.26. The summed E-state index contributed by atoms with van der Waals surface area (Å²) in [6, 6.07) is 3.64. The normalized spacial score (nSPS) is 12.6. The van der Waals surface area contributed by atoms with Crippen molar-refractivity contribution in [3.05, 3.63) is 46.0 Å². The molecule has 1 atom stereocenters. The summed E-state index contributed by atoms with van der Waals surface area (Å²) in [5.74, 6) is 0. The van der Waals surface area contributed by atoms with Gasteiger partial charge in [-0.15, -0.1) is 0 Å². The lowest BCUT2D eigenvalue weighted by atomic mass is 10.1. The summed E-state index contributed by atoms with van der Waals surface area (Å²) in [5.41, 5.74) is 1.81. The van der Waals surface area contributed by atoms with E-state index < -0.39 is 0 Å². The minimum Gasteiger partial charge on any atom is -0.304 e. The van der Waals surface area contributed by atoms with Gasteiger partial charge in [0.15, 0.2) is 0 Å². The molecule has 2 heterocycles. The molecule has 0 saturated carbocycles. The Morgan fingerprint density at radius 2 is 2.05 bits per heavy atom. The van der Waals surface area contributed by atoms with Crippen LogP contribution in [0.3, 0.4) is 0 Å². The third-order valence-electron chi connectivity index (χ3n) is 2.86. The maximum absolute atomic E-state index is 6.26. The maximum Gasteiger partial charge on any atom is 0.0937 e. The molecule has 6 heteroatoms. The number of hydrogen-bond donors (Lipinski definition) is 1. The molecule has 102 valence electrons. The quantitative estimate of drug-likeness (QED) is 0.921. The molecule has 0 aliphatic heterocycles. The first-order valence-corrected chi connectivity index (χ1v) is 6.99. The second-order valence-corrected chi connectivity index (χ2v) is 4.93. The molecule has 0 saturated heterocycles. The highest BCUT2D eigenvalue weighted by Crippen LogP contribution is 2.27. The number of hydrogen-bond acceptors (Lipinski definition) is 3. The molecule has 0 aliphatic carbocycles. The predicted octanol–water partition coefficient (Wildman–Crippen LogP) is 3.30. The van der Waals surface area contributed by atoms with Gasteiger partial charge in [-0.2, -0.15) is 5.10 Å².